The lowest BCUT2D eigenvalue weighted by Crippen LogP contribution is -2.23. The zero-order valence-electron chi connectivity index (χ0n) is 11.3. The average molecular weight is 249 g/mol. The Kier molecular flexibility index (Phi) is 4.76. The molecule has 0 bridgehead atoms. The van der Waals surface area contributed by atoms with E-state index in [0.717, 1.165) is 11.1 Å². The molecule has 0 aromatic heterocycles. The van der Waals surface area contributed by atoms with Gasteiger partial charge < -0.3 is 5.73 Å². The molecule has 1 aromatic rings. The highest BCUT2D eigenvalue weighted by molar-refractivity contribution is 5.29. The van der Waals surface area contributed by atoms with E-state index < -0.39 is 0 Å². The molecule has 1 aliphatic carbocycles. The Morgan fingerprint density at radius 1 is 1.11 bits per heavy atom. The smallest absolute Gasteiger partial charge is 0.123 e. The van der Waals surface area contributed by atoms with Gasteiger partial charge in [0.15, 0.2) is 0 Å². The van der Waals surface area contributed by atoms with Gasteiger partial charge in [-0.1, -0.05) is 38.2 Å². The number of hydrogen-bond donors (Lipinski definition) is 1. The van der Waals surface area contributed by atoms with Crippen molar-refractivity contribution in [3.63, 3.8) is 0 Å². The molecule has 1 fully saturated rings. The summed E-state index contributed by atoms with van der Waals surface area (Å²) in [6.07, 6.45) is 9.07. The fourth-order valence-electron chi connectivity index (χ4n) is 3.11. The highest BCUT2D eigenvalue weighted by atomic mass is 19.1. The third kappa shape index (κ3) is 3.32. The molecule has 18 heavy (non-hydrogen) atoms. The van der Waals surface area contributed by atoms with E-state index in [0.29, 0.717) is 5.92 Å². The quantitative estimate of drug-likeness (QED) is 0.820. The molecular weight excluding hydrogens is 225 g/mol. The van der Waals surface area contributed by atoms with Gasteiger partial charge in [0.2, 0.25) is 0 Å². The first-order valence-electron chi connectivity index (χ1n) is 7.20. The van der Waals surface area contributed by atoms with Gasteiger partial charge in [0.05, 0.1) is 0 Å². The average Bonchev–Trinajstić information content (AvgIpc) is 2.27. The van der Waals surface area contributed by atoms with Gasteiger partial charge >= 0.3 is 0 Å². The van der Waals surface area contributed by atoms with Crippen LogP contribution < -0.4 is 5.73 Å². The van der Waals surface area contributed by atoms with Crippen LogP contribution >= 0.6 is 0 Å². The first-order valence-corrected chi connectivity index (χ1v) is 7.20. The summed E-state index contributed by atoms with van der Waals surface area (Å²) in [5.74, 6) is 0.399. The molecule has 0 saturated heterocycles. The molecule has 1 aromatic carbocycles. The zero-order valence-corrected chi connectivity index (χ0v) is 11.3. The summed E-state index contributed by atoms with van der Waals surface area (Å²) in [4.78, 5) is 0. The number of hydrogen-bond acceptors (Lipinski definition) is 1. The Bertz CT molecular complexity index is 381. The van der Waals surface area contributed by atoms with Crippen LogP contribution in [0, 0.1) is 18.7 Å². The molecule has 1 nitrogen and oxygen atoms in total. The lowest BCUT2D eigenvalue weighted by atomic mass is 9.82. The minimum absolute atomic E-state index is 0.0729. The van der Waals surface area contributed by atoms with Gasteiger partial charge in [0.25, 0.3) is 0 Å². The molecule has 0 heterocycles. The molecule has 1 atom stereocenters. The lowest BCUT2D eigenvalue weighted by molar-refractivity contribution is 0.327. The second-order valence-corrected chi connectivity index (χ2v) is 5.63. The highest BCUT2D eigenvalue weighted by Gasteiger charge is 2.21. The number of benzene rings is 1. The molecule has 100 valence electrons. The van der Waals surface area contributed by atoms with Crippen LogP contribution in [0.2, 0.25) is 0 Å². The van der Waals surface area contributed by atoms with Crippen molar-refractivity contribution in [3.8, 4) is 0 Å². The predicted molar refractivity (Wildman–Crippen MR) is 73.9 cm³/mol. The van der Waals surface area contributed by atoms with Crippen LogP contribution in [0.15, 0.2) is 18.2 Å². The standard InChI is InChI=1S/C16H24FN/c1-12-11-14(17)9-10-15(12)16(18)13-7-5-3-2-4-6-8-13/h9-11,13,16H,2-8,18H2,1H3. The van der Waals surface area contributed by atoms with Crippen molar-refractivity contribution in [1.82, 2.24) is 0 Å². The third-order valence-electron chi connectivity index (χ3n) is 4.25. The summed E-state index contributed by atoms with van der Waals surface area (Å²) in [5.41, 5.74) is 8.54. The van der Waals surface area contributed by atoms with Crippen LogP contribution in [0.4, 0.5) is 4.39 Å². The summed E-state index contributed by atoms with van der Waals surface area (Å²) < 4.78 is 13.1. The normalized spacial score (nSPS) is 20.2. The second kappa shape index (κ2) is 6.33. The Morgan fingerprint density at radius 2 is 1.72 bits per heavy atom. The van der Waals surface area contributed by atoms with Crippen LogP contribution in [-0.4, -0.2) is 0 Å². The molecule has 0 radical (unpaired) electrons. The largest absolute Gasteiger partial charge is 0.324 e. The van der Waals surface area contributed by atoms with E-state index in [9.17, 15) is 4.39 Å². The van der Waals surface area contributed by atoms with Gasteiger partial charge in [0, 0.05) is 6.04 Å². The van der Waals surface area contributed by atoms with E-state index >= 15 is 0 Å². The monoisotopic (exact) mass is 249 g/mol. The fraction of sp³-hybridized carbons (Fsp3) is 0.625. The molecule has 0 spiro atoms. The van der Waals surface area contributed by atoms with Crippen molar-refractivity contribution in [3.05, 3.63) is 35.1 Å². The van der Waals surface area contributed by atoms with Crippen molar-refractivity contribution >= 4 is 0 Å². The fourth-order valence-corrected chi connectivity index (χ4v) is 3.11. The molecule has 1 unspecified atom stereocenters. The lowest BCUT2D eigenvalue weighted by Gasteiger charge is -2.27. The van der Waals surface area contributed by atoms with E-state index in [1.54, 1.807) is 6.07 Å². The second-order valence-electron chi connectivity index (χ2n) is 5.63. The summed E-state index contributed by atoms with van der Waals surface area (Å²) in [7, 11) is 0. The van der Waals surface area contributed by atoms with Crippen molar-refractivity contribution in [1.29, 1.82) is 0 Å². The maximum Gasteiger partial charge on any atom is 0.123 e. The Balaban J connectivity index is 2.10. The molecule has 2 rings (SSSR count). The summed E-state index contributed by atoms with van der Waals surface area (Å²) in [6, 6.07) is 5.07. The summed E-state index contributed by atoms with van der Waals surface area (Å²) in [6.45, 7) is 1.96. The third-order valence-corrected chi connectivity index (χ3v) is 4.25. The van der Waals surface area contributed by atoms with Crippen molar-refractivity contribution in [2.45, 2.75) is 57.9 Å². The Labute approximate surface area is 110 Å². The van der Waals surface area contributed by atoms with Gasteiger partial charge in [-0.25, -0.2) is 4.39 Å². The molecule has 2 N–H and O–H groups in total. The van der Waals surface area contributed by atoms with Crippen LogP contribution in [0.5, 0.6) is 0 Å². The molecule has 1 aliphatic rings. The summed E-state index contributed by atoms with van der Waals surface area (Å²) >= 11 is 0. The number of aryl methyl sites for hydroxylation is 1. The van der Waals surface area contributed by atoms with E-state index in [2.05, 4.69) is 0 Å². The topological polar surface area (TPSA) is 26.0 Å². The van der Waals surface area contributed by atoms with Crippen LogP contribution in [0.3, 0.4) is 0 Å². The Morgan fingerprint density at radius 3 is 2.33 bits per heavy atom. The molecule has 0 aliphatic heterocycles. The van der Waals surface area contributed by atoms with Crippen molar-refractivity contribution in [2.24, 2.45) is 11.7 Å². The Hall–Kier alpha value is -0.890. The number of rotatable bonds is 2. The first kappa shape index (κ1) is 13.5. The molecular formula is C16H24FN. The molecule has 2 heteroatoms. The minimum Gasteiger partial charge on any atom is -0.324 e. The van der Waals surface area contributed by atoms with Crippen molar-refractivity contribution < 1.29 is 4.39 Å². The summed E-state index contributed by atoms with van der Waals surface area (Å²) in [5, 5.41) is 0. The van der Waals surface area contributed by atoms with E-state index in [1.165, 1.54) is 51.0 Å². The molecule has 0 amide bonds. The van der Waals surface area contributed by atoms with Crippen LogP contribution in [0.25, 0.3) is 0 Å². The maximum atomic E-state index is 13.1. The van der Waals surface area contributed by atoms with E-state index in [4.69, 9.17) is 5.73 Å². The van der Waals surface area contributed by atoms with E-state index in [-0.39, 0.29) is 11.9 Å². The predicted octanol–water partition coefficient (Wildman–Crippen LogP) is 4.49. The van der Waals surface area contributed by atoms with Crippen LogP contribution in [0.1, 0.15) is 62.1 Å². The van der Waals surface area contributed by atoms with Gasteiger partial charge in [-0.3, -0.25) is 0 Å². The van der Waals surface area contributed by atoms with Gasteiger partial charge in [-0.2, -0.15) is 0 Å². The SMILES string of the molecule is Cc1cc(F)ccc1C(N)C1CCCCCCC1. The van der Waals surface area contributed by atoms with Gasteiger partial charge in [-0.05, 0) is 48.9 Å². The zero-order chi connectivity index (χ0) is 13.0. The van der Waals surface area contributed by atoms with Gasteiger partial charge in [-0.15, -0.1) is 0 Å². The van der Waals surface area contributed by atoms with Gasteiger partial charge in [0.1, 0.15) is 5.82 Å². The highest BCUT2D eigenvalue weighted by Crippen LogP contribution is 2.32. The first-order chi connectivity index (χ1) is 8.68. The maximum absolute atomic E-state index is 13.1. The van der Waals surface area contributed by atoms with E-state index in [1.807, 2.05) is 13.0 Å². The van der Waals surface area contributed by atoms with Crippen molar-refractivity contribution in [2.75, 3.05) is 0 Å². The number of nitrogens with two attached hydrogens (primary N) is 1. The molecule has 1 saturated carbocycles. The van der Waals surface area contributed by atoms with Crippen LogP contribution in [-0.2, 0) is 0 Å². The number of halogens is 1. The minimum atomic E-state index is -0.166.